The van der Waals surface area contributed by atoms with E-state index in [0.717, 1.165) is 22.3 Å². The predicted octanol–water partition coefficient (Wildman–Crippen LogP) is 4.19. The first-order valence-corrected chi connectivity index (χ1v) is 11.1. The number of aromatic carboxylic acids is 1. The molecule has 1 aliphatic carbocycles. The highest BCUT2D eigenvalue weighted by Gasteiger charge is 2.30. The number of benzene rings is 3. The second-order valence-electron chi connectivity index (χ2n) is 8.30. The molecule has 0 aromatic heterocycles. The second-order valence-corrected chi connectivity index (χ2v) is 8.30. The highest BCUT2D eigenvalue weighted by Crippen LogP contribution is 2.44. The molecule has 180 valence electrons. The molecular formula is C27H26N2O6. The second kappa shape index (κ2) is 10.4. The molecule has 2 amide bonds. The van der Waals surface area contributed by atoms with Gasteiger partial charge in [-0.05, 0) is 46.9 Å². The molecule has 0 heterocycles. The fourth-order valence-electron chi connectivity index (χ4n) is 4.29. The van der Waals surface area contributed by atoms with Crippen LogP contribution in [0.2, 0.25) is 0 Å². The van der Waals surface area contributed by atoms with Crippen LogP contribution < -0.4 is 10.6 Å². The first-order valence-electron chi connectivity index (χ1n) is 11.1. The maximum Gasteiger partial charge on any atom is 0.407 e. The Morgan fingerprint density at radius 1 is 0.971 bits per heavy atom. The van der Waals surface area contributed by atoms with Crippen molar-refractivity contribution in [1.82, 2.24) is 5.32 Å². The van der Waals surface area contributed by atoms with Gasteiger partial charge >= 0.3 is 12.1 Å². The lowest BCUT2D eigenvalue weighted by Gasteiger charge is -2.19. The van der Waals surface area contributed by atoms with Crippen molar-refractivity contribution in [2.45, 2.75) is 18.9 Å². The zero-order valence-corrected chi connectivity index (χ0v) is 19.4. The molecule has 0 bridgehead atoms. The Labute approximate surface area is 202 Å². The molecule has 4 rings (SSSR count). The van der Waals surface area contributed by atoms with Crippen LogP contribution in [0.1, 0.15) is 33.0 Å². The van der Waals surface area contributed by atoms with Gasteiger partial charge in [-0.1, -0.05) is 54.6 Å². The number of alkyl carbamates (subject to hydrolysis) is 1. The minimum Gasteiger partial charge on any atom is -0.478 e. The summed E-state index contributed by atoms with van der Waals surface area (Å²) in [6, 6.07) is 19.5. The Balaban J connectivity index is 1.41. The number of hydrogen-bond acceptors (Lipinski definition) is 5. The van der Waals surface area contributed by atoms with Gasteiger partial charge in [-0.15, -0.1) is 0 Å². The Bertz CT molecular complexity index is 1230. The molecule has 8 nitrogen and oxygen atoms in total. The van der Waals surface area contributed by atoms with Gasteiger partial charge in [0.25, 0.3) is 0 Å². The van der Waals surface area contributed by atoms with Gasteiger partial charge in [0.05, 0.1) is 12.2 Å². The number of methoxy groups -OCH3 is 1. The number of aryl methyl sites for hydroxylation is 1. The Morgan fingerprint density at radius 3 is 2.20 bits per heavy atom. The maximum absolute atomic E-state index is 12.8. The quantitative estimate of drug-likeness (QED) is 0.451. The molecule has 0 radical (unpaired) electrons. The molecule has 0 saturated carbocycles. The van der Waals surface area contributed by atoms with Crippen LogP contribution in [0, 0.1) is 6.92 Å². The van der Waals surface area contributed by atoms with E-state index in [1.807, 2.05) is 48.5 Å². The van der Waals surface area contributed by atoms with Crippen molar-refractivity contribution in [1.29, 1.82) is 0 Å². The lowest BCUT2D eigenvalue weighted by Crippen LogP contribution is -2.47. The molecule has 3 N–H and O–H groups in total. The van der Waals surface area contributed by atoms with E-state index in [1.165, 1.54) is 13.2 Å². The van der Waals surface area contributed by atoms with Crippen molar-refractivity contribution >= 4 is 23.7 Å². The molecule has 35 heavy (non-hydrogen) atoms. The van der Waals surface area contributed by atoms with Gasteiger partial charge in [-0.2, -0.15) is 0 Å². The van der Waals surface area contributed by atoms with Gasteiger partial charge < -0.3 is 25.2 Å². The van der Waals surface area contributed by atoms with Crippen LogP contribution in [-0.4, -0.2) is 49.4 Å². The van der Waals surface area contributed by atoms with E-state index in [4.69, 9.17) is 9.47 Å². The SMILES string of the molecule is COCC(NC(=O)OCC1c2ccccc2-c2ccccc21)C(=O)Nc1ccc(C)c(C(=O)O)c1. The fraction of sp³-hybridized carbons (Fsp3) is 0.222. The van der Waals surface area contributed by atoms with Crippen molar-refractivity contribution in [3.05, 3.63) is 89.0 Å². The molecule has 1 aliphatic rings. The summed E-state index contributed by atoms with van der Waals surface area (Å²) in [6.45, 7) is 1.69. The van der Waals surface area contributed by atoms with Gasteiger partial charge in [0.2, 0.25) is 5.91 Å². The third-order valence-corrected chi connectivity index (χ3v) is 6.02. The Hall–Kier alpha value is -4.17. The van der Waals surface area contributed by atoms with Crippen molar-refractivity contribution < 1.29 is 29.0 Å². The van der Waals surface area contributed by atoms with Gasteiger partial charge in [0.15, 0.2) is 0 Å². The third-order valence-electron chi connectivity index (χ3n) is 6.02. The predicted molar refractivity (Wildman–Crippen MR) is 131 cm³/mol. The summed E-state index contributed by atoms with van der Waals surface area (Å²) < 4.78 is 10.6. The van der Waals surface area contributed by atoms with E-state index in [-0.39, 0.29) is 24.7 Å². The number of carboxylic acids is 1. The number of ether oxygens (including phenoxy) is 2. The van der Waals surface area contributed by atoms with Crippen LogP contribution in [0.3, 0.4) is 0 Å². The average molecular weight is 475 g/mol. The number of carbonyl (C=O) groups is 3. The molecule has 0 fully saturated rings. The number of carboxylic acid groups (broad SMARTS) is 1. The summed E-state index contributed by atoms with van der Waals surface area (Å²) in [6.07, 6.45) is -0.751. The monoisotopic (exact) mass is 474 g/mol. The lowest BCUT2D eigenvalue weighted by molar-refractivity contribution is -0.119. The summed E-state index contributed by atoms with van der Waals surface area (Å²) in [4.78, 5) is 36.8. The van der Waals surface area contributed by atoms with Gasteiger partial charge in [0.1, 0.15) is 12.6 Å². The molecule has 0 aliphatic heterocycles. The van der Waals surface area contributed by atoms with Gasteiger partial charge in [0, 0.05) is 18.7 Å². The van der Waals surface area contributed by atoms with Crippen molar-refractivity contribution in [2.75, 3.05) is 25.6 Å². The van der Waals surface area contributed by atoms with Crippen LogP contribution in [0.25, 0.3) is 11.1 Å². The fourth-order valence-corrected chi connectivity index (χ4v) is 4.29. The highest BCUT2D eigenvalue weighted by molar-refractivity contribution is 5.98. The standard InChI is InChI=1S/C27H26N2O6/c1-16-11-12-17(13-22(16)26(31)32)28-25(30)24(15-34-2)29-27(33)35-14-23-20-9-5-3-7-18(20)19-8-4-6-10-21(19)23/h3-13,23-24H,14-15H2,1-2H3,(H,28,30)(H,29,33)(H,31,32). The largest absolute Gasteiger partial charge is 0.478 e. The van der Waals surface area contributed by atoms with Crippen LogP contribution in [-0.2, 0) is 14.3 Å². The summed E-state index contributed by atoms with van der Waals surface area (Å²) >= 11 is 0. The number of fused-ring (bicyclic) bond motifs is 3. The Morgan fingerprint density at radius 2 is 1.60 bits per heavy atom. The van der Waals surface area contributed by atoms with E-state index < -0.39 is 24.0 Å². The summed E-state index contributed by atoms with van der Waals surface area (Å²) in [5, 5.41) is 14.5. The number of anilines is 1. The van der Waals surface area contributed by atoms with Crippen LogP contribution in [0.4, 0.5) is 10.5 Å². The summed E-state index contributed by atoms with van der Waals surface area (Å²) in [5.74, 6) is -1.76. The smallest absolute Gasteiger partial charge is 0.407 e. The minimum absolute atomic E-state index is 0.0792. The first kappa shape index (κ1) is 24.0. The molecule has 3 aromatic carbocycles. The van der Waals surface area contributed by atoms with Crippen LogP contribution >= 0.6 is 0 Å². The number of rotatable bonds is 8. The lowest BCUT2D eigenvalue weighted by atomic mass is 9.98. The Kier molecular flexibility index (Phi) is 7.12. The highest BCUT2D eigenvalue weighted by atomic mass is 16.5. The molecular weight excluding hydrogens is 448 g/mol. The third kappa shape index (κ3) is 5.17. The minimum atomic E-state index is -1.09. The molecule has 1 atom stereocenters. The molecule has 1 unspecified atom stereocenters. The van der Waals surface area contributed by atoms with Crippen LogP contribution in [0.15, 0.2) is 66.7 Å². The number of nitrogens with one attached hydrogen (secondary N) is 2. The van der Waals surface area contributed by atoms with Crippen LogP contribution in [0.5, 0.6) is 0 Å². The number of amides is 2. The maximum atomic E-state index is 12.8. The molecule has 8 heteroatoms. The summed E-state index contributed by atoms with van der Waals surface area (Å²) in [7, 11) is 1.41. The molecule has 3 aromatic rings. The molecule has 0 saturated heterocycles. The zero-order valence-electron chi connectivity index (χ0n) is 19.4. The average Bonchev–Trinajstić information content (AvgIpc) is 3.17. The van der Waals surface area contributed by atoms with E-state index >= 15 is 0 Å². The topological polar surface area (TPSA) is 114 Å². The zero-order chi connectivity index (χ0) is 24.9. The number of carbonyl (C=O) groups excluding carboxylic acids is 2. The number of hydrogen-bond donors (Lipinski definition) is 3. The van der Waals surface area contributed by atoms with Gasteiger partial charge in [-0.3, -0.25) is 4.79 Å². The van der Waals surface area contributed by atoms with E-state index in [9.17, 15) is 19.5 Å². The van der Waals surface area contributed by atoms with E-state index in [2.05, 4.69) is 10.6 Å². The van der Waals surface area contributed by atoms with E-state index in [1.54, 1.807) is 19.1 Å². The normalized spacial score (nSPS) is 12.9. The van der Waals surface area contributed by atoms with Crippen molar-refractivity contribution in [3.8, 4) is 11.1 Å². The van der Waals surface area contributed by atoms with Gasteiger partial charge in [-0.25, -0.2) is 9.59 Å². The van der Waals surface area contributed by atoms with E-state index in [0.29, 0.717) is 11.3 Å². The summed E-state index contributed by atoms with van der Waals surface area (Å²) in [5.41, 5.74) is 5.35. The van der Waals surface area contributed by atoms with Crippen molar-refractivity contribution in [3.63, 3.8) is 0 Å². The molecule has 0 spiro atoms. The first-order chi connectivity index (χ1) is 16.9. The van der Waals surface area contributed by atoms with Crippen molar-refractivity contribution in [2.24, 2.45) is 0 Å².